The van der Waals surface area contributed by atoms with Crippen LogP contribution in [0.5, 0.6) is 11.5 Å². The van der Waals surface area contributed by atoms with Crippen LogP contribution in [-0.4, -0.2) is 36.2 Å². The predicted molar refractivity (Wildman–Crippen MR) is 113 cm³/mol. The average molecular weight is 408 g/mol. The number of para-hydroxylation sites is 1. The molecule has 7 nitrogen and oxygen atoms in total. The van der Waals surface area contributed by atoms with E-state index in [-0.39, 0.29) is 12.4 Å². The quantitative estimate of drug-likeness (QED) is 0.580. The monoisotopic (exact) mass is 408 g/mol. The molecule has 2 aromatic carbocycles. The van der Waals surface area contributed by atoms with E-state index < -0.39 is 12.0 Å². The molecule has 1 aromatic heterocycles. The summed E-state index contributed by atoms with van der Waals surface area (Å²) in [5.74, 6) is 0.450. The molecule has 0 radical (unpaired) electrons. The number of rotatable bonds is 7. The Bertz CT molecular complexity index is 1060. The number of carbonyl (C=O) groups is 2. The Morgan fingerprint density at radius 2 is 1.93 bits per heavy atom. The Labute approximate surface area is 174 Å². The number of anilines is 1. The smallest absolute Gasteiger partial charge is 0.306 e. The normalized spacial score (nSPS) is 13.6. The van der Waals surface area contributed by atoms with Crippen LogP contribution < -0.4 is 14.8 Å². The number of fused-ring (bicyclic) bond motifs is 2. The Hall–Kier alpha value is -3.48. The first-order valence-corrected chi connectivity index (χ1v) is 10.0. The summed E-state index contributed by atoms with van der Waals surface area (Å²) in [4.78, 5) is 27.7. The van der Waals surface area contributed by atoms with Gasteiger partial charge in [-0.3, -0.25) is 9.59 Å². The number of aromatic nitrogens is 1. The minimum atomic E-state index is -0.890. The third kappa shape index (κ3) is 4.56. The lowest BCUT2D eigenvalue weighted by atomic mass is 10.1. The van der Waals surface area contributed by atoms with Crippen molar-refractivity contribution in [1.82, 2.24) is 4.98 Å². The van der Waals surface area contributed by atoms with E-state index in [1.807, 2.05) is 24.4 Å². The first kappa shape index (κ1) is 19.8. The molecule has 1 amide bonds. The summed E-state index contributed by atoms with van der Waals surface area (Å²) in [6.07, 6.45) is 2.74. The highest BCUT2D eigenvalue weighted by Gasteiger charge is 2.19. The van der Waals surface area contributed by atoms with E-state index in [4.69, 9.17) is 14.2 Å². The Kier molecular flexibility index (Phi) is 5.88. The number of nitrogens with one attached hydrogen (secondary N) is 2. The van der Waals surface area contributed by atoms with Crippen LogP contribution in [-0.2, 0) is 20.7 Å². The van der Waals surface area contributed by atoms with Crippen LogP contribution in [0.4, 0.5) is 5.69 Å². The van der Waals surface area contributed by atoms with Crippen molar-refractivity contribution in [1.29, 1.82) is 0 Å². The number of aryl methyl sites for hydroxylation is 1. The van der Waals surface area contributed by atoms with Crippen LogP contribution in [0.3, 0.4) is 0 Å². The minimum absolute atomic E-state index is 0.251. The van der Waals surface area contributed by atoms with Gasteiger partial charge in [0.05, 0.1) is 0 Å². The summed E-state index contributed by atoms with van der Waals surface area (Å²) < 4.78 is 16.3. The van der Waals surface area contributed by atoms with Gasteiger partial charge in [0.15, 0.2) is 17.6 Å². The summed E-state index contributed by atoms with van der Waals surface area (Å²) in [6.45, 7) is 2.54. The van der Waals surface area contributed by atoms with Crippen molar-refractivity contribution in [2.24, 2.45) is 0 Å². The molecule has 1 aliphatic rings. The van der Waals surface area contributed by atoms with Gasteiger partial charge in [0.25, 0.3) is 5.91 Å². The first-order chi connectivity index (χ1) is 14.6. The van der Waals surface area contributed by atoms with Gasteiger partial charge < -0.3 is 24.5 Å². The number of ether oxygens (including phenoxy) is 3. The molecule has 1 aliphatic heterocycles. The maximum absolute atomic E-state index is 12.4. The second-order valence-corrected chi connectivity index (χ2v) is 7.19. The number of amides is 1. The molecule has 1 unspecified atom stereocenters. The molecule has 2 N–H and O–H groups in total. The van der Waals surface area contributed by atoms with Gasteiger partial charge >= 0.3 is 5.97 Å². The number of H-pyrrole nitrogens is 1. The average Bonchev–Trinajstić information content (AvgIpc) is 3.17. The van der Waals surface area contributed by atoms with E-state index in [1.165, 1.54) is 5.56 Å². The largest absolute Gasteiger partial charge is 0.486 e. The predicted octanol–water partition coefficient (Wildman–Crippen LogP) is 3.83. The van der Waals surface area contributed by atoms with Crippen molar-refractivity contribution in [3.05, 3.63) is 54.2 Å². The molecule has 3 aromatic rings. The summed E-state index contributed by atoms with van der Waals surface area (Å²) >= 11 is 0. The minimum Gasteiger partial charge on any atom is -0.486 e. The standard InChI is InChI=1S/C23H24N2O5/c1-15(23(27)25-17-9-10-20-21(13-17)29-12-11-28-20)30-22(26)8-4-5-16-14-24-19-7-3-2-6-18(16)19/h2-3,6-7,9-10,13-15,24H,4-5,8,11-12H2,1H3,(H,25,27). The van der Waals surface area contributed by atoms with E-state index >= 15 is 0 Å². The number of hydrogen-bond donors (Lipinski definition) is 2. The molecular formula is C23H24N2O5. The summed E-state index contributed by atoms with van der Waals surface area (Å²) in [5.41, 5.74) is 2.81. The van der Waals surface area contributed by atoms with Crippen LogP contribution in [0.25, 0.3) is 10.9 Å². The molecule has 0 saturated heterocycles. The van der Waals surface area contributed by atoms with E-state index in [1.54, 1.807) is 25.1 Å². The SMILES string of the molecule is CC(OC(=O)CCCc1c[nH]c2ccccc12)C(=O)Nc1ccc2c(c1)OCCO2. The zero-order valence-electron chi connectivity index (χ0n) is 16.8. The molecule has 7 heteroatoms. The summed E-state index contributed by atoms with van der Waals surface area (Å²) in [7, 11) is 0. The highest BCUT2D eigenvalue weighted by atomic mass is 16.6. The molecule has 30 heavy (non-hydrogen) atoms. The summed E-state index contributed by atoms with van der Waals surface area (Å²) in [5, 5.41) is 3.90. The van der Waals surface area contributed by atoms with E-state index in [2.05, 4.69) is 16.4 Å². The lowest BCUT2D eigenvalue weighted by molar-refractivity contribution is -0.153. The van der Waals surface area contributed by atoms with Crippen LogP contribution in [0.1, 0.15) is 25.3 Å². The fourth-order valence-corrected chi connectivity index (χ4v) is 3.44. The molecular weight excluding hydrogens is 384 g/mol. The molecule has 0 fully saturated rings. The molecule has 0 aliphatic carbocycles. The third-order valence-electron chi connectivity index (χ3n) is 4.99. The Morgan fingerprint density at radius 1 is 1.13 bits per heavy atom. The maximum atomic E-state index is 12.4. The van der Waals surface area contributed by atoms with Crippen molar-refractivity contribution >= 4 is 28.5 Å². The van der Waals surface area contributed by atoms with Gasteiger partial charge in [0.2, 0.25) is 0 Å². The van der Waals surface area contributed by atoms with E-state index in [0.29, 0.717) is 36.8 Å². The molecule has 0 bridgehead atoms. The van der Waals surface area contributed by atoms with Crippen molar-refractivity contribution in [3.8, 4) is 11.5 Å². The molecule has 156 valence electrons. The highest BCUT2D eigenvalue weighted by molar-refractivity contribution is 5.95. The topological polar surface area (TPSA) is 89.7 Å². The fourth-order valence-electron chi connectivity index (χ4n) is 3.44. The number of aromatic amines is 1. The number of carbonyl (C=O) groups excluding carboxylic acids is 2. The lowest BCUT2D eigenvalue weighted by Gasteiger charge is -2.19. The molecule has 0 saturated carbocycles. The summed E-state index contributed by atoms with van der Waals surface area (Å²) in [6, 6.07) is 13.2. The van der Waals surface area contributed by atoms with Gasteiger partial charge in [0, 0.05) is 35.3 Å². The van der Waals surface area contributed by atoms with Crippen molar-refractivity contribution < 1.29 is 23.8 Å². The molecule has 0 spiro atoms. The van der Waals surface area contributed by atoms with Gasteiger partial charge in [-0.2, -0.15) is 0 Å². The fraction of sp³-hybridized carbons (Fsp3) is 0.304. The third-order valence-corrected chi connectivity index (χ3v) is 4.99. The van der Waals surface area contributed by atoms with Gasteiger partial charge in [0.1, 0.15) is 13.2 Å². The zero-order valence-corrected chi connectivity index (χ0v) is 16.8. The van der Waals surface area contributed by atoms with Crippen molar-refractivity contribution in [2.45, 2.75) is 32.3 Å². The van der Waals surface area contributed by atoms with Crippen LogP contribution in [0.2, 0.25) is 0 Å². The maximum Gasteiger partial charge on any atom is 0.306 e. The Morgan fingerprint density at radius 3 is 2.80 bits per heavy atom. The van der Waals surface area contributed by atoms with Gasteiger partial charge in [-0.15, -0.1) is 0 Å². The lowest BCUT2D eigenvalue weighted by Crippen LogP contribution is -2.30. The Balaban J connectivity index is 1.24. The zero-order chi connectivity index (χ0) is 20.9. The van der Waals surface area contributed by atoms with Gasteiger partial charge in [-0.05, 0) is 43.5 Å². The van der Waals surface area contributed by atoms with Crippen molar-refractivity contribution in [3.63, 3.8) is 0 Å². The van der Waals surface area contributed by atoms with E-state index in [9.17, 15) is 9.59 Å². The molecule has 2 heterocycles. The first-order valence-electron chi connectivity index (χ1n) is 10.0. The van der Waals surface area contributed by atoms with Gasteiger partial charge in [-0.25, -0.2) is 0 Å². The van der Waals surface area contributed by atoms with Crippen molar-refractivity contribution in [2.75, 3.05) is 18.5 Å². The molecule has 4 rings (SSSR count). The number of esters is 1. The number of benzene rings is 2. The highest BCUT2D eigenvalue weighted by Crippen LogP contribution is 2.32. The molecule has 1 atom stereocenters. The number of hydrogen-bond acceptors (Lipinski definition) is 5. The van der Waals surface area contributed by atoms with E-state index in [0.717, 1.165) is 17.3 Å². The second kappa shape index (κ2) is 8.90. The van der Waals surface area contributed by atoms with Crippen LogP contribution >= 0.6 is 0 Å². The van der Waals surface area contributed by atoms with Crippen LogP contribution in [0.15, 0.2) is 48.7 Å². The van der Waals surface area contributed by atoms with Crippen LogP contribution in [0, 0.1) is 0 Å². The van der Waals surface area contributed by atoms with Gasteiger partial charge in [-0.1, -0.05) is 18.2 Å². The second-order valence-electron chi connectivity index (χ2n) is 7.19.